The van der Waals surface area contributed by atoms with Gasteiger partial charge in [-0.3, -0.25) is 9.59 Å². The van der Waals surface area contributed by atoms with Crippen LogP contribution in [-0.4, -0.2) is 11.8 Å². The van der Waals surface area contributed by atoms with Gasteiger partial charge >= 0.3 is 0 Å². The molecule has 0 aromatic carbocycles. The molecule has 0 aromatic heterocycles. The predicted molar refractivity (Wildman–Crippen MR) is 23.5 cm³/mol. The third-order valence-electron chi connectivity index (χ3n) is 0.315. The van der Waals surface area contributed by atoms with Crippen molar-refractivity contribution in [3.8, 4) is 0 Å². The van der Waals surface area contributed by atoms with E-state index in [4.69, 9.17) is 0 Å². The molecule has 0 saturated carbocycles. The Labute approximate surface area is 41.7 Å². The number of nitrogens with zero attached hydrogens (tertiary/aromatic N) is 1. The zero-order chi connectivity index (χ0) is 5.86. The molecule has 0 spiro atoms. The van der Waals surface area contributed by atoms with Crippen LogP contribution in [0.3, 0.4) is 0 Å². The molecule has 1 radical (unpaired) electrons. The minimum Gasteiger partial charge on any atom is -0.273 e. The van der Waals surface area contributed by atoms with Crippen LogP contribution >= 0.6 is 0 Å². The van der Waals surface area contributed by atoms with Gasteiger partial charge in [-0.25, -0.2) is 0 Å². The Morgan fingerprint density at radius 2 is 1.43 bits per heavy atom. The highest BCUT2D eigenvalue weighted by Crippen LogP contribution is 1.63. The maximum Gasteiger partial charge on any atom is 0.245 e. The van der Waals surface area contributed by atoms with Gasteiger partial charge in [-0.2, -0.15) is 5.32 Å². The Kier molecular flexibility index (Phi) is 2.05. The van der Waals surface area contributed by atoms with Crippen molar-refractivity contribution in [1.29, 1.82) is 0 Å². The third kappa shape index (κ3) is 5.14. The molecule has 0 aliphatic carbocycles. The van der Waals surface area contributed by atoms with Gasteiger partial charge in [0, 0.05) is 13.8 Å². The molecule has 0 saturated heterocycles. The zero-order valence-electron chi connectivity index (χ0n) is 4.26. The Morgan fingerprint density at radius 1 is 1.14 bits per heavy atom. The Hall–Kier alpha value is -0.860. The first-order chi connectivity index (χ1) is 3.13. The lowest BCUT2D eigenvalue weighted by atomic mass is 10.6. The Morgan fingerprint density at radius 3 is 1.43 bits per heavy atom. The lowest BCUT2D eigenvalue weighted by molar-refractivity contribution is -0.128. The van der Waals surface area contributed by atoms with Crippen molar-refractivity contribution in [2.45, 2.75) is 13.8 Å². The van der Waals surface area contributed by atoms with Crippen LogP contribution in [0, 0.1) is 0 Å². The summed E-state index contributed by atoms with van der Waals surface area (Å²) in [5.41, 5.74) is 0. The summed E-state index contributed by atoms with van der Waals surface area (Å²) in [6.07, 6.45) is 0. The molecule has 0 atom stereocenters. The van der Waals surface area contributed by atoms with Gasteiger partial charge < -0.3 is 0 Å². The molecule has 0 unspecified atom stereocenters. The minimum absolute atomic E-state index is 0.437. The maximum atomic E-state index is 9.87. The van der Waals surface area contributed by atoms with Crippen molar-refractivity contribution in [2.75, 3.05) is 0 Å². The van der Waals surface area contributed by atoms with E-state index >= 15 is 0 Å². The van der Waals surface area contributed by atoms with Gasteiger partial charge in [0.1, 0.15) is 0 Å². The van der Waals surface area contributed by atoms with Gasteiger partial charge in [-0.05, 0) is 0 Å². The van der Waals surface area contributed by atoms with Crippen LogP contribution in [0.25, 0.3) is 0 Å². The van der Waals surface area contributed by atoms with Gasteiger partial charge in [-0.15, -0.1) is 0 Å². The average Bonchev–Trinajstić information content (AvgIpc) is 1.27. The Balaban J connectivity index is 3.32. The fraction of sp³-hybridized carbons (Fsp3) is 0.500. The van der Waals surface area contributed by atoms with E-state index < -0.39 is 11.8 Å². The van der Waals surface area contributed by atoms with E-state index in [1.807, 2.05) is 0 Å². The van der Waals surface area contributed by atoms with Crippen LogP contribution in [0.4, 0.5) is 0 Å². The summed E-state index contributed by atoms with van der Waals surface area (Å²) in [6, 6.07) is 0. The summed E-state index contributed by atoms with van der Waals surface area (Å²) in [5.74, 6) is -0.875. The molecule has 0 N–H and O–H groups in total. The van der Waals surface area contributed by atoms with Gasteiger partial charge in [0.2, 0.25) is 11.8 Å². The molecule has 7 heavy (non-hydrogen) atoms. The van der Waals surface area contributed by atoms with Gasteiger partial charge in [-0.1, -0.05) is 0 Å². The predicted octanol–water partition coefficient (Wildman–Crippen LogP) is -0.316. The van der Waals surface area contributed by atoms with Crippen molar-refractivity contribution in [1.82, 2.24) is 5.32 Å². The van der Waals surface area contributed by atoms with Crippen molar-refractivity contribution in [3.05, 3.63) is 0 Å². The van der Waals surface area contributed by atoms with Crippen molar-refractivity contribution in [3.63, 3.8) is 0 Å². The number of amides is 2. The quantitative estimate of drug-likeness (QED) is 0.419. The monoisotopic (exact) mass is 100 g/mol. The standard InChI is InChI=1S/C4H6NO2/c1-3(6)5-4(2)7/h1-2H3. The number of carbonyl (C=O) groups excluding carboxylic acids is 2. The zero-order valence-corrected chi connectivity index (χ0v) is 4.26. The van der Waals surface area contributed by atoms with Crippen LogP contribution in [-0.2, 0) is 9.59 Å². The van der Waals surface area contributed by atoms with Crippen LogP contribution in [0.5, 0.6) is 0 Å². The molecular weight excluding hydrogens is 94.0 g/mol. The first-order valence-electron chi connectivity index (χ1n) is 1.86. The summed E-state index contributed by atoms with van der Waals surface area (Å²) in [4.78, 5) is 19.7. The lowest BCUT2D eigenvalue weighted by Crippen LogP contribution is -2.16. The van der Waals surface area contributed by atoms with E-state index in [9.17, 15) is 9.59 Å². The normalized spacial score (nSPS) is 7.71. The number of hydrogen-bond acceptors (Lipinski definition) is 2. The van der Waals surface area contributed by atoms with Crippen LogP contribution in [0.2, 0.25) is 0 Å². The molecule has 0 aliphatic heterocycles. The van der Waals surface area contributed by atoms with Crippen LogP contribution < -0.4 is 5.32 Å². The second-order valence-corrected chi connectivity index (χ2v) is 1.15. The van der Waals surface area contributed by atoms with E-state index in [1.54, 1.807) is 0 Å². The van der Waals surface area contributed by atoms with Crippen molar-refractivity contribution < 1.29 is 9.59 Å². The lowest BCUT2D eigenvalue weighted by Gasteiger charge is -1.83. The summed E-state index contributed by atoms with van der Waals surface area (Å²) >= 11 is 0. The van der Waals surface area contributed by atoms with E-state index in [0.29, 0.717) is 0 Å². The summed E-state index contributed by atoms with van der Waals surface area (Å²) in [7, 11) is 0. The van der Waals surface area contributed by atoms with Gasteiger partial charge in [0.15, 0.2) is 0 Å². The van der Waals surface area contributed by atoms with E-state index in [0.717, 1.165) is 0 Å². The molecule has 0 fully saturated rings. The molecular formula is C4H6NO2. The smallest absolute Gasteiger partial charge is 0.245 e. The molecule has 0 heterocycles. The number of imide groups is 1. The molecule has 39 valence electrons. The molecule has 0 aromatic rings. The maximum absolute atomic E-state index is 9.87. The first kappa shape index (κ1) is 6.14. The summed E-state index contributed by atoms with van der Waals surface area (Å²) in [6.45, 7) is 2.47. The van der Waals surface area contributed by atoms with E-state index in [2.05, 4.69) is 5.32 Å². The number of carbonyl (C=O) groups is 2. The highest BCUT2D eigenvalue weighted by Gasteiger charge is 1.94. The fourth-order valence-corrected chi connectivity index (χ4v) is 0.222. The molecule has 3 heteroatoms. The molecule has 0 rings (SSSR count). The highest BCUT2D eigenvalue weighted by molar-refractivity contribution is 5.92. The second kappa shape index (κ2) is 2.34. The molecule has 2 amide bonds. The largest absolute Gasteiger partial charge is 0.273 e. The summed E-state index contributed by atoms with van der Waals surface area (Å²) < 4.78 is 0. The van der Waals surface area contributed by atoms with Crippen LogP contribution in [0.15, 0.2) is 0 Å². The molecule has 0 aliphatic rings. The fourth-order valence-electron chi connectivity index (χ4n) is 0.222. The summed E-state index contributed by atoms with van der Waals surface area (Å²) in [5, 5.41) is 3.00. The minimum atomic E-state index is -0.437. The molecule has 3 nitrogen and oxygen atoms in total. The van der Waals surface area contributed by atoms with Crippen molar-refractivity contribution >= 4 is 11.8 Å². The SMILES string of the molecule is CC(=O)[N]C(C)=O. The van der Waals surface area contributed by atoms with E-state index in [-0.39, 0.29) is 0 Å². The number of rotatable bonds is 0. The van der Waals surface area contributed by atoms with Crippen molar-refractivity contribution in [2.24, 2.45) is 0 Å². The average molecular weight is 100 g/mol. The Bertz CT molecular complexity index is 85.9. The highest BCUT2D eigenvalue weighted by atomic mass is 16.2. The van der Waals surface area contributed by atoms with Crippen LogP contribution in [0.1, 0.15) is 13.8 Å². The second-order valence-electron chi connectivity index (χ2n) is 1.15. The number of hydrogen-bond donors (Lipinski definition) is 0. The molecule has 0 bridgehead atoms. The first-order valence-corrected chi connectivity index (χ1v) is 1.86. The van der Waals surface area contributed by atoms with Gasteiger partial charge in [0.25, 0.3) is 0 Å². The third-order valence-corrected chi connectivity index (χ3v) is 0.315. The van der Waals surface area contributed by atoms with E-state index in [1.165, 1.54) is 13.8 Å². The topological polar surface area (TPSA) is 48.2 Å². The van der Waals surface area contributed by atoms with Gasteiger partial charge in [0.05, 0.1) is 0 Å².